The van der Waals surface area contributed by atoms with Gasteiger partial charge in [-0.05, 0) is 58.5 Å². The molecule has 0 spiro atoms. The third-order valence-electron chi connectivity index (χ3n) is 4.07. The van der Waals surface area contributed by atoms with Crippen LogP contribution < -0.4 is 15.0 Å². The smallest absolute Gasteiger partial charge is 0.228 e. The molecule has 2 heterocycles. The first-order valence-electron chi connectivity index (χ1n) is 8.19. The third kappa shape index (κ3) is 4.06. The molecule has 2 fully saturated rings. The van der Waals surface area contributed by atoms with Gasteiger partial charge in [-0.2, -0.15) is 4.98 Å². The van der Waals surface area contributed by atoms with Crippen molar-refractivity contribution in [3.63, 3.8) is 0 Å². The molecular weight excluding hydrogens is 264 g/mol. The van der Waals surface area contributed by atoms with E-state index in [2.05, 4.69) is 20.2 Å². The number of ether oxygens (including phenoxy) is 1. The van der Waals surface area contributed by atoms with Crippen molar-refractivity contribution >= 4 is 5.95 Å². The molecule has 1 saturated carbocycles. The van der Waals surface area contributed by atoms with Crippen LogP contribution in [0.4, 0.5) is 5.95 Å². The molecule has 3 rings (SSSR count). The monoisotopic (exact) mass is 290 g/mol. The van der Waals surface area contributed by atoms with Crippen LogP contribution in [0, 0.1) is 5.92 Å². The SMILES string of the molecule is CC(C)Oc1ccnc(N(CC2CCCNC2)C2CC2)n1. The van der Waals surface area contributed by atoms with Gasteiger partial charge in [-0.3, -0.25) is 0 Å². The summed E-state index contributed by atoms with van der Waals surface area (Å²) < 4.78 is 5.71. The maximum atomic E-state index is 5.71. The zero-order valence-electron chi connectivity index (χ0n) is 13.1. The lowest BCUT2D eigenvalue weighted by molar-refractivity contribution is 0.232. The number of nitrogens with one attached hydrogen (secondary N) is 1. The molecule has 2 aliphatic rings. The van der Waals surface area contributed by atoms with Gasteiger partial charge in [0.25, 0.3) is 0 Å². The summed E-state index contributed by atoms with van der Waals surface area (Å²) in [6.45, 7) is 7.38. The van der Waals surface area contributed by atoms with E-state index in [0.717, 1.165) is 25.6 Å². The predicted molar refractivity (Wildman–Crippen MR) is 83.8 cm³/mol. The molecule has 1 atom stereocenters. The van der Waals surface area contributed by atoms with E-state index in [1.807, 2.05) is 26.1 Å². The van der Waals surface area contributed by atoms with Crippen LogP contribution in [0.25, 0.3) is 0 Å². The van der Waals surface area contributed by atoms with Crippen LogP contribution in [0.1, 0.15) is 39.5 Å². The Labute approximate surface area is 127 Å². The van der Waals surface area contributed by atoms with Gasteiger partial charge in [-0.15, -0.1) is 0 Å². The first-order chi connectivity index (χ1) is 10.2. The van der Waals surface area contributed by atoms with E-state index in [9.17, 15) is 0 Å². The first-order valence-corrected chi connectivity index (χ1v) is 8.19. The summed E-state index contributed by atoms with van der Waals surface area (Å²) >= 11 is 0. The third-order valence-corrected chi connectivity index (χ3v) is 4.07. The summed E-state index contributed by atoms with van der Waals surface area (Å²) in [7, 11) is 0. The van der Waals surface area contributed by atoms with Crippen molar-refractivity contribution in [2.24, 2.45) is 5.92 Å². The average molecular weight is 290 g/mol. The van der Waals surface area contributed by atoms with E-state index in [1.165, 1.54) is 25.7 Å². The summed E-state index contributed by atoms with van der Waals surface area (Å²) in [6, 6.07) is 2.47. The van der Waals surface area contributed by atoms with Crippen LogP contribution in [0.5, 0.6) is 5.88 Å². The lowest BCUT2D eigenvalue weighted by Crippen LogP contribution is -2.40. The number of aromatic nitrogens is 2. The molecule has 1 aromatic rings. The van der Waals surface area contributed by atoms with Gasteiger partial charge >= 0.3 is 0 Å². The second-order valence-corrected chi connectivity index (χ2v) is 6.46. The molecule has 5 nitrogen and oxygen atoms in total. The number of rotatable bonds is 6. The van der Waals surface area contributed by atoms with E-state index in [4.69, 9.17) is 4.74 Å². The molecule has 5 heteroatoms. The van der Waals surface area contributed by atoms with E-state index in [0.29, 0.717) is 17.8 Å². The minimum absolute atomic E-state index is 0.143. The van der Waals surface area contributed by atoms with Gasteiger partial charge in [0.1, 0.15) is 0 Å². The fraction of sp³-hybridized carbons (Fsp3) is 0.750. The minimum atomic E-state index is 0.143. The zero-order valence-corrected chi connectivity index (χ0v) is 13.1. The van der Waals surface area contributed by atoms with Gasteiger partial charge in [0, 0.05) is 24.8 Å². The summed E-state index contributed by atoms with van der Waals surface area (Å²) in [4.78, 5) is 11.5. The van der Waals surface area contributed by atoms with Crippen LogP contribution in [0.2, 0.25) is 0 Å². The molecule has 0 aromatic carbocycles. The number of anilines is 1. The Bertz CT molecular complexity index is 455. The fourth-order valence-electron chi connectivity index (χ4n) is 2.92. The lowest BCUT2D eigenvalue weighted by atomic mass is 9.99. The number of piperidine rings is 1. The Morgan fingerprint density at radius 2 is 2.24 bits per heavy atom. The molecule has 1 aliphatic carbocycles. The van der Waals surface area contributed by atoms with Gasteiger partial charge in [-0.25, -0.2) is 4.98 Å². The topological polar surface area (TPSA) is 50.3 Å². The fourth-order valence-corrected chi connectivity index (χ4v) is 2.92. The highest BCUT2D eigenvalue weighted by Crippen LogP contribution is 2.31. The van der Waals surface area contributed by atoms with Crippen molar-refractivity contribution in [3.05, 3.63) is 12.3 Å². The van der Waals surface area contributed by atoms with E-state index < -0.39 is 0 Å². The Balaban J connectivity index is 1.70. The van der Waals surface area contributed by atoms with E-state index in [1.54, 1.807) is 0 Å². The first kappa shape index (κ1) is 14.6. The molecule has 1 aliphatic heterocycles. The number of nitrogens with zero attached hydrogens (tertiary/aromatic N) is 3. The van der Waals surface area contributed by atoms with E-state index in [-0.39, 0.29) is 6.10 Å². The molecular formula is C16H26N4O. The van der Waals surface area contributed by atoms with Crippen molar-refractivity contribution in [1.29, 1.82) is 0 Å². The molecule has 116 valence electrons. The Hall–Kier alpha value is -1.36. The number of hydrogen-bond acceptors (Lipinski definition) is 5. The summed E-state index contributed by atoms with van der Waals surface area (Å²) in [5.74, 6) is 2.22. The Morgan fingerprint density at radius 1 is 1.38 bits per heavy atom. The maximum Gasteiger partial charge on any atom is 0.228 e. The predicted octanol–water partition coefficient (Wildman–Crippen LogP) is 2.23. The van der Waals surface area contributed by atoms with Crippen LogP contribution in [-0.4, -0.2) is 41.7 Å². The highest BCUT2D eigenvalue weighted by molar-refractivity contribution is 5.36. The maximum absolute atomic E-state index is 5.71. The van der Waals surface area contributed by atoms with Crippen molar-refractivity contribution in [2.75, 3.05) is 24.5 Å². The van der Waals surface area contributed by atoms with Crippen LogP contribution in [-0.2, 0) is 0 Å². The standard InChI is InChI=1S/C16H26N4O/c1-12(2)21-15-7-9-18-16(19-15)20(14-5-6-14)11-13-4-3-8-17-10-13/h7,9,12-14,17H,3-6,8,10-11H2,1-2H3. The van der Waals surface area contributed by atoms with Crippen molar-refractivity contribution in [2.45, 2.75) is 51.7 Å². The van der Waals surface area contributed by atoms with Gasteiger partial charge in [0.2, 0.25) is 11.8 Å². The van der Waals surface area contributed by atoms with Crippen LogP contribution in [0.3, 0.4) is 0 Å². The highest BCUT2D eigenvalue weighted by atomic mass is 16.5. The van der Waals surface area contributed by atoms with Crippen molar-refractivity contribution < 1.29 is 4.74 Å². The highest BCUT2D eigenvalue weighted by Gasteiger charge is 2.32. The summed E-state index contributed by atoms with van der Waals surface area (Å²) in [5.41, 5.74) is 0. The molecule has 0 bridgehead atoms. The van der Waals surface area contributed by atoms with Gasteiger partial charge in [0.15, 0.2) is 0 Å². The quantitative estimate of drug-likeness (QED) is 0.870. The van der Waals surface area contributed by atoms with Crippen molar-refractivity contribution in [3.8, 4) is 5.88 Å². The van der Waals surface area contributed by atoms with Crippen molar-refractivity contribution in [1.82, 2.24) is 15.3 Å². The zero-order chi connectivity index (χ0) is 14.7. The minimum Gasteiger partial charge on any atom is -0.475 e. The summed E-state index contributed by atoms with van der Waals surface area (Å²) in [6.07, 6.45) is 7.06. The molecule has 21 heavy (non-hydrogen) atoms. The molecule has 1 N–H and O–H groups in total. The normalized spacial score (nSPS) is 22.3. The lowest BCUT2D eigenvalue weighted by Gasteiger charge is -2.30. The Morgan fingerprint density at radius 3 is 2.90 bits per heavy atom. The number of hydrogen-bond donors (Lipinski definition) is 1. The van der Waals surface area contributed by atoms with Gasteiger partial charge < -0.3 is 15.0 Å². The van der Waals surface area contributed by atoms with Gasteiger partial charge in [-0.1, -0.05) is 0 Å². The molecule has 0 amide bonds. The summed E-state index contributed by atoms with van der Waals surface area (Å²) in [5, 5.41) is 3.50. The average Bonchev–Trinajstić information content (AvgIpc) is 3.30. The molecule has 0 radical (unpaired) electrons. The molecule has 1 saturated heterocycles. The van der Waals surface area contributed by atoms with Crippen LogP contribution >= 0.6 is 0 Å². The second-order valence-electron chi connectivity index (χ2n) is 6.46. The molecule has 1 unspecified atom stereocenters. The van der Waals surface area contributed by atoms with Gasteiger partial charge in [0.05, 0.1) is 6.10 Å². The van der Waals surface area contributed by atoms with Crippen LogP contribution in [0.15, 0.2) is 12.3 Å². The Kier molecular flexibility index (Phi) is 4.58. The molecule has 1 aromatic heterocycles. The largest absolute Gasteiger partial charge is 0.475 e. The second kappa shape index (κ2) is 6.60. The van der Waals surface area contributed by atoms with E-state index >= 15 is 0 Å².